The summed E-state index contributed by atoms with van der Waals surface area (Å²) >= 11 is 0.940. The van der Waals surface area contributed by atoms with Crippen LogP contribution in [0.15, 0.2) is 40.5 Å². The van der Waals surface area contributed by atoms with Gasteiger partial charge in [-0.1, -0.05) is 30.0 Å². The summed E-state index contributed by atoms with van der Waals surface area (Å²) in [4.78, 5) is 41.0. The lowest BCUT2D eigenvalue weighted by Gasteiger charge is -2.31. The molecule has 0 saturated heterocycles. The molecular weight excluding hydrogens is 412 g/mol. The molecule has 0 amide bonds. The van der Waals surface area contributed by atoms with Crippen molar-refractivity contribution in [1.82, 2.24) is 0 Å². The van der Waals surface area contributed by atoms with Gasteiger partial charge in [-0.25, -0.2) is 4.79 Å². The van der Waals surface area contributed by atoms with E-state index < -0.39 is 28.7 Å². The summed E-state index contributed by atoms with van der Waals surface area (Å²) in [5, 5.41) is 18.9. The van der Waals surface area contributed by atoms with Crippen molar-refractivity contribution in [3.8, 4) is 0 Å². The topological polar surface area (TPSA) is 158 Å². The van der Waals surface area contributed by atoms with Gasteiger partial charge in [0.05, 0.1) is 29.9 Å². The molecule has 0 spiro atoms. The highest BCUT2D eigenvalue weighted by molar-refractivity contribution is 8.13. The number of nitrogens with two attached hydrogens (primary N) is 1. The largest absolute Gasteiger partial charge is 0.468 e. The molecule has 0 radical (unpaired) electrons. The minimum Gasteiger partial charge on any atom is -0.468 e. The maximum Gasteiger partial charge on any atom is 0.336 e. The smallest absolute Gasteiger partial charge is 0.336 e. The van der Waals surface area contributed by atoms with Gasteiger partial charge in [-0.2, -0.15) is 0 Å². The SMILES string of the molecule is CCOC(=O)C1=C(CSC(=N)N)N=C(C)C(C(=O)OC)C1c1ccccc1[N+](=O)[O-]. The molecule has 11 heteroatoms. The fourth-order valence-corrected chi connectivity index (χ4v) is 3.84. The van der Waals surface area contributed by atoms with E-state index in [-0.39, 0.29) is 40.0 Å². The Labute approximate surface area is 177 Å². The van der Waals surface area contributed by atoms with E-state index in [1.54, 1.807) is 19.9 Å². The van der Waals surface area contributed by atoms with Crippen molar-refractivity contribution in [3.63, 3.8) is 0 Å². The Morgan fingerprint density at radius 1 is 1.37 bits per heavy atom. The highest BCUT2D eigenvalue weighted by Gasteiger charge is 2.45. The Bertz CT molecular complexity index is 943. The van der Waals surface area contributed by atoms with Crippen LogP contribution in [-0.4, -0.2) is 47.2 Å². The average molecular weight is 434 g/mol. The molecule has 0 saturated carbocycles. The number of para-hydroxylation sites is 1. The van der Waals surface area contributed by atoms with Gasteiger partial charge in [0.2, 0.25) is 0 Å². The molecule has 1 aliphatic heterocycles. The molecule has 0 aliphatic carbocycles. The van der Waals surface area contributed by atoms with Gasteiger partial charge < -0.3 is 15.2 Å². The molecule has 2 unspecified atom stereocenters. The van der Waals surface area contributed by atoms with Crippen molar-refractivity contribution in [1.29, 1.82) is 5.41 Å². The number of nitro groups is 1. The number of aliphatic imine (C=N–C) groups is 1. The predicted molar refractivity (Wildman–Crippen MR) is 112 cm³/mol. The van der Waals surface area contributed by atoms with Gasteiger partial charge >= 0.3 is 11.9 Å². The van der Waals surface area contributed by atoms with E-state index in [1.165, 1.54) is 25.3 Å². The van der Waals surface area contributed by atoms with Crippen molar-refractivity contribution in [2.75, 3.05) is 19.5 Å². The zero-order valence-electron chi connectivity index (χ0n) is 16.7. The Morgan fingerprint density at radius 3 is 2.60 bits per heavy atom. The second kappa shape index (κ2) is 10.0. The van der Waals surface area contributed by atoms with Crippen molar-refractivity contribution >= 4 is 40.3 Å². The standard InChI is InChI=1S/C19H22N4O6S/c1-4-29-18(25)16-12(9-30-19(20)21)22-10(2)14(17(24)28-3)15(16)11-7-5-6-8-13(11)23(26)27/h5-8,14-15H,4,9H2,1-3H3,(H3,20,21). The number of thioether (sulfide) groups is 1. The number of methoxy groups -OCH3 is 1. The number of rotatable bonds is 7. The summed E-state index contributed by atoms with van der Waals surface area (Å²) < 4.78 is 10.1. The lowest BCUT2D eigenvalue weighted by molar-refractivity contribution is -0.385. The second-order valence-corrected chi connectivity index (χ2v) is 7.30. The van der Waals surface area contributed by atoms with Gasteiger partial charge in [0.25, 0.3) is 5.69 Å². The van der Waals surface area contributed by atoms with Crippen molar-refractivity contribution in [2.45, 2.75) is 19.8 Å². The Morgan fingerprint density at radius 2 is 2.03 bits per heavy atom. The molecular formula is C19H22N4O6S. The Kier molecular flexibility index (Phi) is 7.70. The first-order valence-corrected chi connectivity index (χ1v) is 9.94. The summed E-state index contributed by atoms with van der Waals surface area (Å²) in [6.45, 7) is 3.27. The van der Waals surface area contributed by atoms with Gasteiger partial charge in [0.15, 0.2) is 5.17 Å². The first-order valence-electron chi connectivity index (χ1n) is 8.96. The molecule has 1 heterocycles. The van der Waals surface area contributed by atoms with Crippen LogP contribution in [0.3, 0.4) is 0 Å². The quantitative estimate of drug-likeness (QED) is 0.218. The van der Waals surface area contributed by atoms with E-state index in [9.17, 15) is 19.7 Å². The Hall–Kier alpha value is -3.21. The van der Waals surface area contributed by atoms with Crippen molar-refractivity contribution in [3.05, 3.63) is 51.2 Å². The molecule has 1 aliphatic rings. The number of hydrogen-bond donors (Lipinski definition) is 2. The predicted octanol–water partition coefficient (Wildman–Crippen LogP) is 2.39. The van der Waals surface area contributed by atoms with Crippen LogP contribution >= 0.6 is 11.8 Å². The summed E-state index contributed by atoms with van der Waals surface area (Å²) in [7, 11) is 1.20. The average Bonchev–Trinajstić information content (AvgIpc) is 2.71. The summed E-state index contributed by atoms with van der Waals surface area (Å²) in [5.41, 5.74) is 5.94. The van der Waals surface area contributed by atoms with Gasteiger partial charge in [0, 0.05) is 29.0 Å². The molecule has 10 nitrogen and oxygen atoms in total. The molecule has 1 aromatic carbocycles. The van der Waals surface area contributed by atoms with E-state index in [4.69, 9.17) is 20.6 Å². The molecule has 160 valence electrons. The zero-order valence-corrected chi connectivity index (χ0v) is 17.5. The molecule has 0 fully saturated rings. The highest BCUT2D eigenvalue weighted by Crippen LogP contribution is 2.43. The third-order valence-corrected chi connectivity index (χ3v) is 5.23. The zero-order chi connectivity index (χ0) is 22.4. The number of nitrogens with one attached hydrogen (secondary N) is 1. The molecule has 1 aromatic rings. The molecule has 0 aromatic heterocycles. The minimum absolute atomic E-state index is 0.0147. The number of carbonyl (C=O) groups is 2. The number of amidine groups is 1. The van der Waals surface area contributed by atoms with Crippen LogP contribution in [0.2, 0.25) is 0 Å². The van der Waals surface area contributed by atoms with E-state index in [0.717, 1.165) is 11.8 Å². The third-order valence-electron chi connectivity index (χ3n) is 4.50. The van der Waals surface area contributed by atoms with Crippen LogP contribution < -0.4 is 5.73 Å². The normalized spacial score (nSPS) is 18.4. The van der Waals surface area contributed by atoms with Crippen molar-refractivity contribution < 1.29 is 24.0 Å². The first kappa shape index (κ1) is 23.1. The lowest BCUT2D eigenvalue weighted by Crippen LogP contribution is -2.37. The number of nitrogens with zero attached hydrogens (tertiary/aromatic N) is 2. The van der Waals surface area contributed by atoms with E-state index in [2.05, 4.69) is 4.99 Å². The van der Waals surface area contributed by atoms with Gasteiger partial charge in [-0.15, -0.1) is 0 Å². The number of carbonyl (C=O) groups excluding carboxylic acids is 2. The maximum absolute atomic E-state index is 12.9. The Balaban J connectivity index is 2.81. The summed E-state index contributed by atoms with van der Waals surface area (Å²) in [6.07, 6.45) is 0. The fourth-order valence-electron chi connectivity index (χ4n) is 3.33. The van der Waals surface area contributed by atoms with Gasteiger partial charge in [-0.05, 0) is 13.8 Å². The molecule has 0 bridgehead atoms. The van der Waals surface area contributed by atoms with Gasteiger partial charge in [0.1, 0.15) is 5.92 Å². The van der Waals surface area contributed by atoms with E-state index >= 15 is 0 Å². The number of hydrogen-bond acceptors (Lipinski definition) is 9. The van der Waals surface area contributed by atoms with E-state index in [1.807, 2.05) is 0 Å². The number of nitro benzene ring substituents is 1. The summed E-state index contributed by atoms with van der Waals surface area (Å²) in [6, 6.07) is 5.88. The molecule has 2 atom stereocenters. The van der Waals surface area contributed by atoms with Crippen LogP contribution in [0.5, 0.6) is 0 Å². The molecule has 30 heavy (non-hydrogen) atoms. The molecule has 2 rings (SSSR count). The minimum atomic E-state index is -1.05. The van der Waals surface area contributed by atoms with Crippen LogP contribution in [0.25, 0.3) is 0 Å². The van der Waals surface area contributed by atoms with Crippen LogP contribution in [0.1, 0.15) is 25.3 Å². The number of esters is 2. The van der Waals surface area contributed by atoms with Gasteiger partial charge in [-0.3, -0.25) is 25.3 Å². The second-order valence-electron chi connectivity index (χ2n) is 6.28. The van der Waals surface area contributed by atoms with Crippen LogP contribution in [-0.2, 0) is 19.1 Å². The highest BCUT2D eigenvalue weighted by atomic mass is 32.2. The molecule has 3 N–H and O–H groups in total. The van der Waals surface area contributed by atoms with Crippen molar-refractivity contribution in [2.24, 2.45) is 16.6 Å². The van der Waals surface area contributed by atoms with Crippen LogP contribution in [0, 0.1) is 21.4 Å². The first-order chi connectivity index (χ1) is 14.2. The summed E-state index contributed by atoms with van der Waals surface area (Å²) in [5.74, 6) is -3.46. The maximum atomic E-state index is 12.9. The van der Waals surface area contributed by atoms with E-state index in [0.29, 0.717) is 5.71 Å². The lowest BCUT2D eigenvalue weighted by atomic mass is 9.75. The monoisotopic (exact) mass is 434 g/mol. The number of ether oxygens (including phenoxy) is 2. The third kappa shape index (κ3) is 4.85. The van der Waals surface area contributed by atoms with Crippen LogP contribution in [0.4, 0.5) is 5.69 Å². The number of benzene rings is 1. The fraction of sp³-hybridized carbons (Fsp3) is 0.368.